The molecular weight excluding hydrogens is 348 g/mol. The van der Waals surface area contributed by atoms with Gasteiger partial charge in [-0.2, -0.15) is 0 Å². The maximum Gasteiger partial charge on any atom is 0.251 e. The zero-order valence-electron chi connectivity index (χ0n) is 15.0. The Morgan fingerprint density at radius 3 is 2.69 bits per heavy atom. The quantitative estimate of drug-likeness (QED) is 0.834. The van der Waals surface area contributed by atoms with Gasteiger partial charge in [0.2, 0.25) is 5.91 Å². The highest BCUT2D eigenvalue weighted by molar-refractivity contribution is 8.00. The van der Waals surface area contributed by atoms with Crippen LogP contribution in [0.3, 0.4) is 0 Å². The summed E-state index contributed by atoms with van der Waals surface area (Å²) in [5, 5.41) is 5.72. The number of anilines is 1. The summed E-state index contributed by atoms with van der Waals surface area (Å²) in [6, 6.07) is 12.9. The molecule has 0 saturated heterocycles. The average molecular weight is 370 g/mol. The number of hydrogen-bond donors (Lipinski definition) is 2. The third-order valence-corrected chi connectivity index (χ3v) is 5.39. The molecule has 2 aromatic carbocycles. The van der Waals surface area contributed by atoms with Crippen LogP contribution in [0.5, 0.6) is 5.75 Å². The molecule has 3 rings (SSSR count). The number of hydrogen-bond acceptors (Lipinski definition) is 4. The molecule has 0 saturated carbocycles. The maximum absolute atomic E-state index is 12.6. The summed E-state index contributed by atoms with van der Waals surface area (Å²) < 4.78 is 5.44. The normalized spacial score (nSPS) is 17.0. The minimum Gasteiger partial charge on any atom is -0.494 e. The van der Waals surface area contributed by atoms with Crippen LogP contribution < -0.4 is 15.4 Å². The average Bonchev–Trinajstić information content (AvgIpc) is 2.63. The highest BCUT2D eigenvalue weighted by atomic mass is 32.2. The van der Waals surface area contributed by atoms with Gasteiger partial charge in [-0.25, -0.2) is 0 Å². The molecule has 0 aromatic heterocycles. The molecule has 6 heteroatoms. The summed E-state index contributed by atoms with van der Waals surface area (Å²) in [6.45, 7) is 6.36. The van der Waals surface area contributed by atoms with Crippen molar-refractivity contribution in [1.29, 1.82) is 0 Å². The van der Waals surface area contributed by atoms with Crippen LogP contribution >= 0.6 is 11.8 Å². The Hall–Kier alpha value is -2.47. The van der Waals surface area contributed by atoms with Gasteiger partial charge in [0.05, 0.1) is 23.6 Å². The molecule has 0 aliphatic carbocycles. The topological polar surface area (TPSA) is 67.4 Å². The Labute approximate surface area is 157 Å². The summed E-state index contributed by atoms with van der Waals surface area (Å²) in [5.41, 5.74) is 2.22. The van der Waals surface area contributed by atoms with Crippen LogP contribution in [-0.4, -0.2) is 23.7 Å². The third-order valence-electron chi connectivity index (χ3n) is 4.21. The van der Waals surface area contributed by atoms with Gasteiger partial charge in [0.15, 0.2) is 0 Å². The van der Waals surface area contributed by atoms with Gasteiger partial charge in [-0.1, -0.05) is 12.1 Å². The Morgan fingerprint density at radius 1 is 1.27 bits per heavy atom. The first kappa shape index (κ1) is 18.3. The van der Waals surface area contributed by atoms with E-state index in [-0.39, 0.29) is 23.1 Å². The summed E-state index contributed by atoms with van der Waals surface area (Å²) in [5.74, 6) is 0.599. The minimum absolute atomic E-state index is 0.0391. The molecule has 1 aliphatic rings. The molecule has 0 fully saturated rings. The molecule has 2 unspecified atom stereocenters. The monoisotopic (exact) mass is 370 g/mol. The predicted octanol–water partition coefficient (Wildman–Crippen LogP) is 4.01. The van der Waals surface area contributed by atoms with Crippen LogP contribution in [0.2, 0.25) is 0 Å². The van der Waals surface area contributed by atoms with Crippen LogP contribution in [-0.2, 0) is 4.79 Å². The van der Waals surface area contributed by atoms with Crippen LogP contribution in [0.1, 0.15) is 42.7 Å². The van der Waals surface area contributed by atoms with Crippen molar-refractivity contribution in [3.8, 4) is 5.75 Å². The molecule has 5 nitrogen and oxygen atoms in total. The first-order chi connectivity index (χ1) is 12.5. The molecule has 2 N–H and O–H groups in total. The SMILES string of the molecule is CCOc1ccc(C(C)NC(=O)c2ccc3c(c2)NC(=O)C(C)S3)cc1. The standard InChI is InChI=1S/C20H22N2O3S/c1-4-25-16-8-5-14(6-9-16)12(2)21-20(24)15-7-10-18-17(11-15)22-19(23)13(3)26-18/h5-13H,4H2,1-3H3,(H,21,24)(H,22,23). The van der Waals surface area contributed by atoms with E-state index in [1.807, 2.05) is 51.1 Å². The second kappa shape index (κ2) is 7.83. The lowest BCUT2D eigenvalue weighted by Gasteiger charge is -2.22. The van der Waals surface area contributed by atoms with E-state index in [1.54, 1.807) is 12.1 Å². The Balaban J connectivity index is 1.69. The van der Waals surface area contributed by atoms with Crippen LogP contribution in [0.4, 0.5) is 5.69 Å². The first-order valence-electron chi connectivity index (χ1n) is 8.63. The number of ether oxygens (including phenoxy) is 1. The number of carbonyl (C=O) groups is 2. The number of carbonyl (C=O) groups excluding carboxylic acids is 2. The predicted molar refractivity (Wildman–Crippen MR) is 104 cm³/mol. The number of rotatable bonds is 5. The summed E-state index contributed by atoms with van der Waals surface area (Å²) >= 11 is 1.50. The van der Waals surface area contributed by atoms with Gasteiger partial charge < -0.3 is 15.4 Å². The van der Waals surface area contributed by atoms with Crippen LogP contribution in [0, 0.1) is 0 Å². The lowest BCUT2D eigenvalue weighted by molar-refractivity contribution is -0.115. The van der Waals surface area contributed by atoms with E-state index in [4.69, 9.17) is 4.74 Å². The Kier molecular flexibility index (Phi) is 5.52. The van der Waals surface area contributed by atoms with Gasteiger partial charge >= 0.3 is 0 Å². The zero-order chi connectivity index (χ0) is 18.7. The van der Waals surface area contributed by atoms with Crippen molar-refractivity contribution in [2.75, 3.05) is 11.9 Å². The van der Waals surface area contributed by atoms with Gasteiger partial charge in [-0.05, 0) is 56.7 Å². The number of thioether (sulfide) groups is 1. The van der Waals surface area contributed by atoms with Crippen molar-refractivity contribution in [2.45, 2.75) is 37.0 Å². The van der Waals surface area contributed by atoms with E-state index >= 15 is 0 Å². The second-order valence-corrected chi connectivity index (χ2v) is 7.54. The van der Waals surface area contributed by atoms with Crippen molar-refractivity contribution in [3.05, 3.63) is 53.6 Å². The molecule has 0 radical (unpaired) electrons. The highest BCUT2D eigenvalue weighted by Gasteiger charge is 2.24. The molecule has 0 spiro atoms. The lowest BCUT2D eigenvalue weighted by Crippen LogP contribution is -2.28. The molecular formula is C20H22N2O3S. The number of benzene rings is 2. The first-order valence-corrected chi connectivity index (χ1v) is 9.51. The molecule has 136 valence electrons. The van der Waals surface area contributed by atoms with E-state index in [9.17, 15) is 9.59 Å². The van der Waals surface area contributed by atoms with Crippen LogP contribution in [0.25, 0.3) is 0 Å². The fourth-order valence-electron chi connectivity index (χ4n) is 2.73. The Morgan fingerprint density at radius 2 is 2.00 bits per heavy atom. The van der Waals surface area contributed by atoms with Gasteiger partial charge in [0, 0.05) is 10.5 Å². The van der Waals surface area contributed by atoms with Crippen molar-refractivity contribution in [3.63, 3.8) is 0 Å². The van der Waals surface area contributed by atoms with E-state index in [1.165, 1.54) is 11.8 Å². The van der Waals surface area contributed by atoms with E-state index in [0.717, 1.165) is 16.2 Å². The van der Waals surface area contributed by atoms with Crippen molar-refractivity contribution in [2.24, 2.45) is 0 Å². The van der Waals surface area contributed by atoms with Crippen molar-refractivity contribution in [1.82, 2.24) is 5.32 Å². The summed E-state index contributed by atoms with van der Waals surface area (Å²) in [6.07, 6.45) is 0. The summed E-state index contributed by atoms with van der Waals surface area (Å²) in [4.78, 5) is 25.4. The van der Waals surface area contributed by atoms with Crippen molar-refractivity contribution >= 4 is 29.3 Å². The largest absolute Gasteiger partial charge is 0.494 e. The molecule has 2 aromatic rings. The molecule has 26 heavy (non-hydrogen) atoms. The molecule has 1 aliphatic heterocycles. The van der Waals surface area contributed by atoms with Gasteiger partial charge in [0.25, 0.3) is 5.91 Å². The van der Waals surface area contributed by atoms with Crippen molar-refractivity contribution < 1.29 is 14.3 Å². The van der Waals surface area contributed by atoms with E-state index < -0.39 is 0 Å². The van der Waals surface area contributed by atoms with E-state index in [0.29, 0.717) is 17.9 Å². The highest BCUT2D eigenvalue weighted by Crippen LogP contribution is 2.36. The smallest absolute Gasteiger partial charge is 0.251 e. The molecule has 0 bridgehead atoms. The molecule has 2 amide bonds. The number of amides is 2. The maximum atomic E-state index is 12.6. The third kappa shape index (κ3) is 4.02. The fourth-order valence-corrected chi connectivity index (χ4v) is 3.66. The van der Waals surface area contributed by atoms with Crippen LogP contribution in [0.15, 0.2) is 47.4 Å². The minimum atomic E-state index is -0.174. The van der Waals surface area contributed by atoms with Gasteiger partial charge in [-0.15, -0.1) is 11.8 Å². The lowest BCUT2D eigenvalue weighted by atomic mass is 10.1. The zero-order valence-corrected chi connectivity index (χ0v) is 15.9. The second-order valence-electron chi connectivity index (χ2n) is 6.16. The number of fused-ring (bicyclic) bond motifs is 1. The number of nitrogens with one attached hydrogen (secondary N) is 2. The van der Waals surface area contributed by atoms with Gasteiger partial charge in [-0.3, -0.25) is 9.59 Å². The molecule has 2 atom stereocenters. The van der Waals surface area contributed by atoms with E-state index in [2.05, 4.69) is 10.6 Å². The van der Waals surface area contributed by atoms with Gasteiger partial charge in [0.1, 0.15) is 5.75 Å². The fraction of sp³-hybridized carbons (Fsp3) is 0.300. The summed E-state index contributed by atoms with van der Waals surface area (Å²) in [7, 11) is 0. The molecule has 1 heterocycles. The Bertz CT molecular complexity index is 820.